The molecule has 2 nitrogen and oxygen atoms in total. The highest BCUT2D eigenvalue weighted by Gasteiger charge is 2.00. The van der Waals surface area contributed by atoms with Crippen LogP contribution < -0.4 is 5.32 Å². The smallest absolute Gasteiger partial charge is 0.0295 e. The summed E-state index contributed by atoms with van der Waals surface area (Å²) >= 11 is 0. The van der Waals surface area contributed by atoms with Crippen molar-refractivity contribution < 1.29 is 0 Å². The molecule has 0 saturated carbocycles. The summed E-state index contributed by atoms with van der Waals surface area (Å²) in [5, 5.41) is 3.30. The molecule has 1 heterocycles. The maximum atomic E-state index is 3.96. The largest absolute Gasteiger partial charge is 0.307 e. The molecular formula is C10H14N2. The van der Waals surface area contributed by atoms with Crippen LogP contribution in [0.15, 0.2) is 37.2 Å². The van der Waals surface area contributed by atoms with Crippen LogP contribution in [-0.4, -0.2) is 11.5 Å². The molecule has 0 fully saturated rings. The van der Waals surface area contributed by atoms with Gasteiger partial charge in [-0.15, -0.1) is 6.58 Å². The molecule has 1 unspecified atom stereocenters. The van der Waals surface area contributed by atoms with Crippen molar-refractivity contribution in [2.75, 3.05) is 6.54 Å². The Bertz CT molecular complexity index is 231. The molecule has 0 spiro atoms. The summed E-state index contributed by atoms with van der Waals surface area (Å²) in [6.07, 6.45) is 5.47. The Hall–Kier alpha value is -1.15. The van der Waals surface area contributed by atoms with Crippen molar-refractivity contribution in [2.45, 2.75) is 13.0 Å². The van der Waals surface area contributed by atoms with Gasteiger partial charge in [0.2, 0.25) is 0 Å². The monoisotopic (exact) mass is 162 g/mol. The Morgan fingerprint density at radius 1 is 1.58 bits per heavy atom. The average molecular weight is 162 g/mol. The minimum atomic E-state index is 0.367. The van der Waals surface area contributed by atoms with Crippen LogP contribution in [-0.2, 0) is 0 Å². The molecular weight excluding hydrogens is 148 g/mol. The molecule has 0 bridgehead atoms. The Labute approximate surface area is 73.3 Å². The lowest BCUT2D eigenvalue weighted by Crippen LogP contribution is -2.18. The molecule has 1 aromatic heterocycles. The zero-order valence-electron chi connectivity index (χ0n) is 7.33. The predicted molar refractivity (Wildman–Crippen MR) is 50.9 cm³/mol. The third-order valence-electron chi connectivity index (χ3n) is 1.77. The highest BCUT2D eigenvalue weighted by atomic mass is 14.9. The third-order valence-corrected chi connectivity index (χ3v) is 1.77. The van der Waals surface area contributed by atoms with Gasteiger partial charge in [0.05, 0.1) is 0 Å². The van der Waals surface area contributed by atoms with Gasteiger partial charge in [0, 0.05) is 25.0 Å². The van der Waals surface area contributed by atoms with E-state index >= 15 is 0 Å². The SMILES string of the molecule is C=CCNC(C)c1ccncc1. The number of nitrogens with zero attached hydrogens (tertiary/aromatic N) is 1. The van der Waals surface area contributed by atoms with Crippen molar-refractivity contribution in [1.29, 1.82) is 0 Å². The molecule has 64 valence electrons. The van der Waals surface area contributed by atoms with Crippen LogP contribution in [0.5, 0.6) is 0 Å². The highest BCUT2D eigenvalue weighted by Crippen LogP contribution is 2.08. The van der Waals surface area contributed by atoms with Crippen molar-refractivity contribution in [3.05, 3.63) is 42.7 Å². The molecule has 0 saturated heterocycles. The number of hydrogen-bond acceptors (Lipinski definition) is 2. The minimum absolute atomic E-state index is 0.367. The molecule has 0 aliphatic carbocycles. The average Bonchev–Trinajstić information content (AvgIpc) is 2.15. The predicted octanol–water partition coefficient (Wildman–Crippen LogP) is 1.92. The van der Waals surface area contributed by atoms with Gasteiger partial charge < -0.3 is 5.32 Å². The number of nitrogens with one attached hydrogen (secondary N) is 1. The van der Waals surface area contributed by atoms with E-state index in [0.29, 0.717) is 6.04 Å². The fourth-order valence-electron chi connectivity index (χ4n) is 1.03. The van der Waals surface area contributed by atoms with Gasteiger partial charge >= 0.3 is 0 Å². The third kappa shape index (κ3) is 2.47. The van der Waals surface area contributed by atoms with E-state index in [0.717, 1.165) is 6.54 Å². The summed E-state index contributed by atoms with van der Waals surface area (Å²) in [6, 6.07) is 4.40. The Morgan fingerprint density at radius 3 is 2.83 bits per heavy atom. The van der Waals surface area contributed by atoms with Gasteiger partial charge in [0.1, 0.15) is 0 Å². The van der Waals surface area contributed by atoms with Crippen LogP contribution in [0, 0.1) is 0 Å². The summed E-state index contributed by atoms with van der Waals surface area (Å²) in [5.41, 5.74) is 1.26. The fourth-order valence-corrected chi connectivity index (χ4v) is 1.03. The number of rotatable bonds is 4. The van der Waals surface area contributed by atoms with E-state index in [2.05, 4.69) is 23.8 Å². The van der Waals surface area contributed by atoms with Crippen molar-refractivity contribution in [1.82, 2.24) is 10.3 Å². The Balaban J connectivity index is 2.53. The highest BCUT2D eigenvalue weighted by molar-refractivity contribution is 5.13. The first-order valence-electron chi connectivity index (χ1n) is 4.09. The second-order valence-corrected chi connectivity index (χ2v) is 2.70. The van der Waals surface area contributed by atoms with Crippen LogP contribution in [0.4, 0.5) is 0 Å². The molecule has 0 aliphatic heterocycles. The molecule has 2 heteroatoms. The molecule has 0 aliphatic rings. The summed E-state index contributed by atoms with van der Waals surface area (Å²) in [5.74, 6) is 0. The van der Waals surface area contributed by atoms with E-state index in [1.54, 1.807) is 12.4 Å². The lowest BCUT2D eigenvalue weighted by atomic mass is 10.1. The van der Waals surface area contributed by atoms with Gasteiger partial charge in [-0.25, -0.2) is 0 Å². The van der Waals surface area contributed by atoms with E-state index in [-0.39, 0.29) is 0 Å². The molecule has 0 aromatic carbocycles. The normalized spacial score (nSPS) is 12.4. The molecule has 12 heavy (non-hydrogen) atoms. The lowest BCUT2D eigenvalue weighted by molar-refractivity contribution is 0.617. The van der Waals surface area contributed by atoms with E-state index in [9.17, 15) is 0 Å². The minimum Gasteiger partial charge on any atom is -0.307 e. The first kappa shape index (κ1) is 8.94. The number of hydrogen-bond donors (Lipinski definition) is 1. The summed E-state index contributed by atoms with van der Waals surface area (Å²) in [4.78, 5) is 3.96. The molecule has 1 aromatic rings. The van der Waals surface area contributed by atoms with E-state index in [1.165, 1.54) is 5.56 Å². The van der Waals surface area contributed by atoms with E-state index in [1.807, 2.05) is 18.2 Å². The first-order valence-corrected chi connectivity index (χ1v) is 4.09. The standard InChI is InChI=1S/C10H14N2/c1-3-6-12-9(2)10-4-7-11-8-5-10/h3-5,7-9,12H,1,6H2,2H3. The summed E-state index contributed by atoms with van der Waals surface area (Å²) < 4.78 is 0. The van der Waals surface area contributed by atoms with Gasteiger partial charge in [-0.05, 0) is 24.6 Å². The molecule has 1 rings (SSSR count). The Morgan fingerprint density at radius 2 is 2.25 bits per heavy atom. The second kappa shape index (κ2) is 4.67. The first-order chi connectivity index (χ1) is 5.84. The van der Waals surface area contributed by atoms with Gasteiger partial charge in [0.15, 0.2) is 0 Å². The van der Waals surface area contributed by atoms with Crippen molar-refractivity contribution in [3.63, 3.8) is 0 Å². The van der Waals surface area contributed by atoms with Gasteiger partial charge in [-0.1, -0.05) is 6.08 Å². The van der Waals surface area contributed by atoms with Crippen molar-refractivity contribution >= 4 is 0 Å². The maximum Gasteiger partial charge on any atom is 0.0295 e. The van der Waals surface area contributed by atoms with Gasteiger partial charge in [-0.2, -0.15) is 0 Å². The number of pyridine rings is 1. The van der Waals surface area contributed by atoms with Crippen LogP contribution >= 0.6 is 0 Å². The molecule has 1 atom stereocenters. The van der Waals surface area contributed by atoms with E-state index < -0.39 is 0 Å². The Kier molecular flexibility index (Phi) is 3.48. The molecule has 0 amide bonds. The molecule has 0 radical (unpaired) electrons. The zero-order chi connectivity index (χ0) is 8.81. The second-order valence-electron chi connectivity index (χ2n) is 2.70. The topological polar surface area (TPSA) is 24.9 Å². The summed E-state index contributed by atoms with van der Waals surface area (Å²) in [7, 11) is 0. The lowest BCUT2D eigenvalue weighted by Gasteiger charge is -2.11. The van der Waals surface area contributed by atoms with Crippen LogP contribution in [0.25, 0.3) is 0 Å². The molecule has 1 N–H and O–H groups in total. The fraction of sp³-hybridized carbons (Fsp3) is 0.300. The van der Waals surface area contributed by atoms with Gasteiger partial charge in [-0.3, -0.25) is 4.98 Å². The summed E-state index contributed by atoms with van der Waals surface area (Å²) in [6.45, 7) is 6.61. The van der Waals surface area contributed by atoms with Crippen LogP contribution in [0.1, 0.15) is 18.5 Å². The van der Waals surface area contributed by atoms with Crippen LogP contribution in [0.2, 0.25) is 0 Å². The van der Waals surface area contributed by atoms with Gasteiger partial charge in [0.25, 0.3) is 0 Å². The number of aromatic nitrogens is 1. The maximum absolute atomic E-state index is 3.96. The zero-order valence-corrected chi connectivity index (χ0v) is 7.33. The van der Waals surface area contributed by atoms with E-state index in [4.69, 9.17) is 0 Å². The van der Waals surface area contributed by atoms with Crippen molar-refractivity contribution in [2.24, 2.45) is 0 Å². The van der Waals surface area contributed by atoms with Crippen molar-refractivity contribution in [3.8, 4) is 0 Å². The quantitative estimate of drug-likeness (QED) is 0.684. The van der Waals surface area contributed by atoms with Crippen LogP contribution in [0.3, 0.4) is 0 Å².